The van der Waals surface area contributed by atoms with Crippen LogP contribution in [0.15, 0.2) is 48.5 Å². The molecule has 120 heavy (non-hydrogen) atoms. The Morgan fingerprint density at radius 1 is 0.250 bits per heavy atom. The summed E-state index contributed by atoms with van der Waals surface area (Å²) < 4.78 is 50.1. The van der Waals surface area contributed by atoms with E-state index >= 15 is 0 Å². The Balaban J connectivity index is 2.06. The first-order chi connectivity index (χ1) is 57.8. The molecule has 4 unspecified atom stereocenters. The van der Waals surface area contributed by atoms with Gasteiger partial charge in [-0.3, -0.25) is 0 Å². The van der Waals surface area contributed by atoms with Crippen molar-refractivity contribution in [3.8, 4) is 23.0 Å². The van der Waals surface area contributed by atoms with Crippen molar-refractivity contribution in [1.82, 2.24) is 21.3 Å². The third-order valence-electron chi connectivity index (χ3n) is 22.1. The Bertz CT molecular complexity index is 3200. The smallest absolute Gasteiger partial charge is 0.328 e. The fourth-order valence-corrected chi connectivity index (χ4v) is 15.3. The van der Waals surface area contributed by atoms with Gasteiger partial charge >= 0.3 is 48.0 Å². The van der Waals surface area contributed by atoms with Crippen LogP contribution in [0.5, 0.6) is 23.0 Å². The van der Waals surface area contributed by atoms with Crippen LogP contribution in [0.1, 0.15) is 333 Å². The van der Waals surface area contributed by atoms with Gasteiger partial charge in [0.2, 0.25) is 0 Å². The third-order valence-corrected chi connectivity index (χ3v) is 22.1. The van der Waals surface area contributed by atoms with Crippen molar-refractivity contribution in [3.05, 3.63) is 93.0 Å². The fourth-order valence-electron chi connectivity index (χ4n) is 15.3. The first-order valence-electron chi connectivity index (χ1n) is 45.6. The minimum absolute atomic E-state index is 0.0550. The maximum atomic E-state index is 14.8. The van der Waals surface area contributed by atoms with Crippen molar-refractivity contribution in [2.45, 2.75) is 338 Å². The molecule has 0 spiro atoms. The van der Waals surface area contributed by atoms with Crippen LogP contribution in [0.4, 0.5) is 41.9 Å². The molecule has 8 amide bonds. The van der Waals surface area contributed by atoms with Gasteiger partial charge in [0, 0.05) is 92.9 Å². The molecule has 24 heteroatoms. The average Bonchev–Trinajstić information content (AvgIpc) is 0.769. The summed E-state index contributed by atoms with van der Waals surface area (Å²) in [4.78, 5) is 113. The molecule has 4 aromatic carbocycles. The fraction of sp³-hybridized carbons (Fsp3) is 0.667. The minimum Gasteiger partial charge on any atom is -0.493 e. The summed E-state index contributed by atoms with van der Waals surface area (Å²) in [7, 11) is 5.12. The van der Waals surface area contributed by atoms with Crippen molar-refractivity contribution in [2.75, 3.05) is 76.1 Å². The van der Waals surface area contributed by atoms with Gasteiger partial charge in [0.05, 0.1) is 54.9 Å². The number of anilines is 4. The van der Waals surface area contributed by atoms with E-state index in [-0.39, 0.29) is 49.4 Å². The van der Waals surface area contributed by atoms with E-state index in [4.69, 9.17) is 37.9 Å². The highest BCUT2D eigenvalue weighted by Gasteiger charge is 2.32. The monoisotopic (exact) mass is 1670 g/mol. The number of hydrogen-bond acceptors (Lipinski definition) is 16. The number of urea groups is 4. The van der Waals surface area contributed by atoms with E-state index < -0.39 is 72.2 Å². The van der Waals surface area contributed by atoms with Crippen molar-refractivity contribution in [3.63, 3.8) is 0 Å². The van der Waals surface area contributed by atoms with Gasteiger partial charge in [0.25, 0.3) is 0 Å². The lowest BCUT2D eigenvalue weighted by Crippen LogP contribution is -2.46. The van der Waals surface area contributed by atoms with Gasteiger partial charge in [-0.25, -0.2) is 38.4 Å². The topological polar surface area (TPSA) is 307 Å². The van der Waals surface area contributed by atoms with Crippen LogP contribution in [0.25, 0.3) is 0 Å². The molecule has 0 aromatic heterocycles. The maximum absolute atomic E-state index is 14.8. The van der Waals surface area contributed by atoms with Crippen LogP contribution in [0.2, 0.25) is 0 Å². The molecule has 24 nitrogen and oxygen atoms in total. The lowest BCUT2D eigenvalue weighted by molar-refractivity contribution is -0.144. The second kappa shape index (κ2) is 57.4. The molecule has 8 bridgehead atoms. The summed E-state index contributed by atoms with van der Waals surface area (Å²) in [6.07, 6.45) is 33.7. The SMILES string of the molecule is CCCCCCCCCCOc1c2cc(NC(=O)NC(C(=O)OC)C(C)C)cc1Cc1cc(NC(=O)NC(C(=O)OC)C(C)C)cc(c1OCCCCCCCCCC)Cc1cc(NC(=O)NC(C(=O)OC)C(C)C)cc(c1OCCCCCCCCCC)Cc1cc(NC(=O)NC(C(=O)OC)C(C)C)cc(c1OCCCCCCCCCC)C2. The number of methoxy groups -OCH3 is 4. The summed E-state index contributed by atoms with van der Waals surface area (Å²) in [5.74, 6) is -1.91. The molecule has 0 radical (unpaired) electrons. The van der Waals surface area contributed by atoms with Gasteiger partial charge in [-0.05, 0) is 97.9 Å². The molecule has 0 saturated heterocycles. The molecule has 5 rings (SSSR count). The summed E-state index contributed by atoms with van der Waals surface area (Å²) in [6.45, 7) is 24.6. The van der Waals surface area contributed by atoms with Crippen molar-refractivity contribution in [1.29, 1.82) is 0 Å². The standard InChI is InChI=1S/C96H152N8O16/c1-17-21-25-29-33-37-41-45-49-117-85-69-53-71-59-78(98-94(110)102-82(66(7)8)90(106)114-14)61-73(86(71)118-50-46-42-38-34-30-26-22-18-2)55-75-63-80(100-96(112)104-84(68(11)12)92(108)116-16)64-76(88(75)120-52-48-44-40-36-32-28-24-20-4)56-74-62-79(99-95(111)103-83(67(9)10)91(107)115-15)60-72(87(74)119-51-47-43-39-35-31-27-23-19-3)54-70(85)58-77(57-69)97-93(109)101-81(65(5)6)89(105)113-13/h57-68,81-84H,17-56H2,1-16H3,(H2,97,101,109)(H2,98,102,110)(H2,99,103,111)(H2,100,104,112). The predicted molar refractivity (Wildman–Crippen MR) is 481 cm³/mol. The van der Waals surface area contributed by atoms with Gasteiger partial charge in [-0.15, -0.1) is 0 Å². The highest BCUT2D eigenvalue weighted by atomic mass is 16.5. The van der Waals surface area contributed by atoms with E-state index in [2.05, 4.69) is 70.2 Å². The molecule has 4 aromatic rings. The van der Waals surface area contributed by atoms with Crippen LogP contribution in [-0.2, 0) is 63.8 Å². The second-order valence-electron chi connectivity index (χ2n) is 33.9. The predicted octanol–water partition coefficient (Wildman–Crippen LogP) is 21.7. The Morgan fingerprint density at radius 3 is 0.542 bits per heavy atom. The van der Waals surface area contributed by atoms with Gasteiger partial charge in [-0.1, -0.05) is 263 Å². The number of carbonyl (C=O) groups is 8. The van der Waals surface area contributed by atoms with Crippen molar-refractivity contribution >= 4 is 70.8 Å². The maximum Gasteiger partial charge on any atom is 0.328 e. The molecular weight excluding hydrogens is 1520 g/mol. The molecule has 0 aliphatic heterocycles. The molecule has 672 valence electrons. The van der Waals surface area contributed by atoms with Gasteiger partial charge in [-0.2, -0.15) is 0 Å². The summed E-state index contributed by atoms with van der Waals surface area (Å²) >= 11 is 0. The number of carbonyl (C=O) groups excluding carboxylic acids is 8. The largest absolute Gasteiger partial charge is 0.493 e. The first-order valence-corrected chi connectivity index (χ1v) is 45.6. The van der Waals surface area contributed by atoms with E-state index in [1.165, 1.54) is 79.8 Å². The summed E-state index contributed by atoms with van der Waals surface area (Å²) in [5.41, 5.74) is 6.21. The number of rotatable bonds is 56. The molecule has 8 N–H and O–H groups in total. The van der Waals surface area contributed by atoms with E-state index in [9.17, 15) is 38.4 Å². The van der Waals surface area contributed by atoms with Crippen LogP contribution in [0, 0.1) is 23.7 Å². The molecule has 1 aliphatic rings. The zero-order chi connectivity index (χ0) is 87.7. The van der Waals surface area contributed by atoms with Crippen LogP contribution in [0.3, 0.4) is 0 Å². The molecule has 0 fully saturated rings. The van der Waals surface area contributed by atoms with Crippen molar-refractivity contribution in [2.24, 2.45) is 23.7 Å². The first kappa shape index (κ1) is 102. The second-order valence-corrected chi connectivity index (χ2v) is 33.9. The van der Waals surface area contributed by atoms with E-state index in [1.54, 1.807) is 0 Å². The van der Waals surface area contributed by atoms with Crippen LogP contribution >= 0.6 is 0 Å². The molecule has 0 saturated carbocycles. The van der Waals surface area contributed by atoms with Gasteiger partial charge in [0.15, 0.2) is 0 Å². The average molecular weight is 1670 g/mol. The van der Waals surface area contributed by atoms with E-state index in [1.807, 2.05) is 104 Å². The number of unbranched alkanes of at least 4 members (excludes halogenated alkanes) is 28. The molecule has 4 atom stereocenters. The number of amides is 8. The van der Waals surface area contributed by atoms with Gasteiger partial charge in [0.1, 0.15) is 47.2 Å². The lowest BCUT2D eigenvalue weighted by atomic mass is 9.90. The highest BCUT2D eigenvalue weighted by Crippen LogP contribution is 2.44. The Kier molecular flexibility index (Phi) is 48.6. The number of benzene rings is 4. The molecule has 1 aliphatic carbocycles. The molecule has 0 heterocycles. The summed E-state index contributed by atoms with van der Waals surface area (Å²) in [6, 6.07) is 8.13. The van der Waals surface area contributed by atoms with Gasteiger partial charge < -0.3 is 80.4 Å². The normalized spacial score (nSPS) is 12.8. The van der Waals surface area contributed by atoms with Crippen LogP contribution < -0.4 is 61.5 Å². The number of nitrogens with one attached hydrogen (secondary N) is 8. The number of fused-ring (bicyclic) bond motifs is 8. The molecular formula is C96H152N8O16. The van der Waals surface area contributed by atoms with Crippen LogP contribution in [-0.4, -0.2) is 127 Å². The quantitative estimate of drug-likeness (QED) is 0.0102. The minimum atomic E-state index is -1.02. The Morgan fingerprint density at radius 2 is 0.400 bits per heavy atom. The number of ether oxygens (including phenoxy) is 8. The zero-order valence-electron chi connectivity index (χ0n) is 76.1. The van der Waals surface area contributed by atoms with E-state index in [0.717, 1.165) is 128 Å². The lowest BCUT2D eigenvalue weighted by Gasteiger charge is -2.26. The number of hydrogen-bond donors (Lipinski definition) is 8. The van der Waals surface area contributed by atoms with Crippen molar-refractivity contribution < 1.29 is 76.3 Å². The zero-order valence-corrected chi connectivity index (χ0v) is 76.1. The number of esters is 4. The van der Waals surface area contributed by atoms with E-state index in [0.29, 0.717) is 142 Å². The Hall–Kier alpha value is -8.96. The summed E-state index contributed by atoms with van der Waals surface area (Å²) in [5, 5.41) is 24.0. The highest BCUT2D eigenvalue weighted by molar-refractivity contribution is 5.96. The Labute approximate surface area is 718 Å². The third kappa shape index (κ3) is 36.4.